The van der Waals surface area contributed by atoms with Crippen LogP contribution in [-0.4, -0.2) is 31.2 Å². The van der Waals surface area contributed by atoms with Gasteiger partial charge < -0.3 is 17.0 Å². The fourth-order valence-corrected chi connectivity index (χ4v) is 2.16. The molecule has 0 aliphatic carbocycles. The second-order valence-corrected chi connectivity index (χ2v) is 5.42. The van der Waals surface area contributed by atoms with Crippen molar-refractivity contribution in [1.29, 1.82) is 0 Å². The number of hydrogen-bond donors (Lipinski definition) is 0. The molecule has 78 valence electrons. The third-order valence-corrected chi connectivity index (χ3v) is 3.52. The molecule has 0 N–H and O–H groups in total. The van der Waals surface area contributed by atoms with Gasteiger partial charge in [0, 0.05) is 0 Å². The molecule has 4 heteroatoms. The second kappa shape index (κ2) is 6.75. The summed E-state index contributed by atoms with van der Waals surface area (Å²) >= 11 is 1.25. The molecule has 1 aliphatic heterocycles. The van der Waals surface area contributed by atoms with E-state index in [2.05, 4.69) is 29.2 Å². The van der Waals surface area contributed by atoms with Crippen LogP contribution in [0.2, 0.25) is 0 Å². The zero-order valence-corrected chi connectivity index (χ0v) is 13.3. The van der Waals surface area contributed by atoms with Gasteiger partial charge in [-0.3, -0.25) is 0 Å². The standard InChI is InChI=1S/C11H14NO.BrH.Zn/c1-2-4-11(5-3-1)10-12-6-8-13-9-7-12;;/h2-5H,6-10H2;1H;/q;;+1/p-1. The van der Waals surface area contributed by atoms with Crippen molar-refractivity contribution in [3.05, 3.63) is 29.8 Å². The monoisotopic (exact) mass is 319 g/mol. The van der Waals surface area contributed by atoms with Gasteiger partial charge in [0.2, 0.25) is 0 Å². The molecule has 0 spiro atoms. The molecular formula is C11H14BrNOZn. The molecule has 1 aromatic rings. The van der Waals surface area contributed by atoms with Gasteiger partial charge in [-0.25, -0.2) is 0 Å². The molecule has 0 aromatic heterocycles. The molecule has 2 rings (SSSR count). The van der Waals surface area contributed by atoms with Gasteiger partial charge in [-0.05, 0) is 0 Å². The molecule has 0 unspecified atom stereocenters. The van der Waals surface area contributed by atoms with Crippen molar-refractivity contribution in [1.82, 2.24) is 4.90 Å². The van der Waals surface area contributed by atoms with Crippen molar-refractivity contribution < 1.29 is 40.0 Å². The first kappa shape index (κ1) is 13.3. The Hall–Kier alpha value is 0.243. The fraction of sp³-hybridized carbons (Fsp3) is 0.455. The summed E-state index contributed by atoms with van der Waals surface area (Å²) < 4.78 is 6.77. The molecule has 1 aromatic carbocycles. The van der Waals surface area contributed by atoms with Crippen molar-refractivity contribution in [3.8, 4) is 0 Å². The second-order valence-electron chi connectivity index (χ2n) is 3.71. The van der Waals surface area contributed by atoms with Crippen LogP contribution in [0.15, 0.2) is 24.3 Å². The average molecular weight is 322 g/mol. The van der Waals surface area contributed by atoms with Crippen LogP contribution in [-0.2, 0) is 29.6 Å². The van der Waals surface area contributed by atoms with Crippen LogP contribution >= 0.6 is 0 Å². The minimum atomic E-state index is 0. The first-order chi connectivity index (χ1) is 6.84. The minimum absolute atomic E-state index is 0. The maximum atomic E-state index is 5.32. The summed E-state index contributed by atoms with van der Waals surface area (Å²) in [7, 11) is 0. The fourth-order valence-electron chi connectivity index (χ4n) is 1.66. The summed E-state index contributed by atoms with van der Waals surface area (Å²) in [6.45, 7) is 4.99. The molecule has 0 radical (unpaired) electrons. The molecule has 1 aliphatic rings. The number of ether oxygens (including phenoxy) is 1. The first-order valence-corrected chi connectivity index (χ1v) is 6.54. The Morgan fingerprint density at radius 1 is 1.13 bits per heavy atom. The van der Waals surface area contributed by atoms with Crippen LogP contribution in [0, 0.1) is 0 Å². The van der Waals surface area contributed by atoms with Crippen LogP contribution in [0.1, 0.15) is 5.56 Å². The summed E-state index contributed by atoms with van der Waals surface area (Å²) in [4.78, 5) is 2.45. The third kappa shape index (κ3) is 4.32. The predicted molar refractivity (Wildman–Crippen MR) is 52.2 cm³/mol. The Morgan fingerprint density at radius 2 is 1.73 bits per heavy atom. The van der Waals surface area contributed by atoms with Gasteiger partial charge in [0.25, 0.3) is 0 Å². The number of morpholine rings is 1. The van der Waals surface area contributed by atoms with E-state index in [0.717, 1.165) is 32.8 Å². The quantitative estimate of drug-likeness (QED) is 0.568. The van der Waals surface area contributed by atoms with Crippen molar-refractivity contribution in [2.45, 2.75) is 6.54 Å². The van der Waals surface area contributed by atoms with Gasteiger partial charge in [0.05, 0.1) is 0 Å². The molecule has 1 heterocycles. The van der Waals surface area contributed by atoms with E-state index in [1.807, 2.05) is 0 Å². The van der Waals surface area contributed by atoms with Gasteiger partial charge in [0.15, 0.2) is 0 Å². The topological polar surface area (TPSA) is 12.5 Å². The molecule has 2 nitrogen and oxygen atoms in total. The summed E-state index contributed by atoms with van der Waals surface area (Å²) in [5.74, 6) is 0. The number of hydrogen-bond acceptors (Lipinski definition) is 2. The van der Waals surface area contributed by atoms with Crippen molar-refractivity contribution in [2.75, 3.05) is 26.3 Å². The van der Waals surface area contributed by atoms with Gasteiger partial charge >= 0.3 is 94.8 Å². The van der Waals surface area contributed by atoms with Crippen LogP contribution in [0.3, 0.4) is 0 Å². The van der Waals surface area contributed by atoms with Gasteiger partial charge in [-0.15, -0.1) is 0 Å². The normalized spacial score (nSPS) is 17.2. The Morgan fingerprint density at radius 3 is 2.33 bits per heavy atom. The molecule has 15 heavy (non-hydrogen) atoms. The summed E-state index contributed by atoms with van der Waals surface area (Å²) in [5, 5.41) is 0. The molecular weight excluding hydrogens is 307 g/mol. The Balaban J connectivity index is 0.00000112. The van der Waals surface area contributed by atoms with Crippen LogP contribution in [0.5, 0.6) is 0 Å². The molecule has 1 fully saturated rings. The Labute approximate surface area is 111 Å². The molecule has 0 bridgehead atoms. The average Bonchev–Trinajstić information content (AvgIpc) is 2.23. The van der Waals surface area contributed by atoms with E-state index in [4.69, 9.17) is 4.74 Å². The third-order valence-electron chi connectivity index (χ3n) is 2.53. The van der Waals surface area contributed by atoms with Crippen molar-refractivity contribution in [3.63, 3.8) is 0 Å². The summed E-state index contributed by atoms with van der Waals surface area (Å²) in [6.07, 6.45) is 0. The van der Waals surface area contributed by atoms with Crippen LogP contribution in [0.4, 0.5) is 0 Å². The molecule has 0 atom stereocenters. The zero-order valence-electron chi connectivity index (χ0n) is 8.79. The van der Waals surface area contributed by atoms with E-state index in [1.54, 1.807) is 0 Å². The number of benzene rings is 1. The Bertz CT molecular complexity index is 285. The zero-order chi connectivity index (χ0) is 9.80. The van der Waals surface area contributed by atoms with Gasteiger partial charge in [-0.2, -0.15) is 0 Å². The Kier molecular flexibility index (Phi) is 5.99. The van der Waals surface area contributed by atoms with E-state index in [0.29, 0.717) is 0 Å². The van der Waals surface area contributed by atoms with Crippen LogP contribution < -0.4 is 21.1 Å². The molecule has 1 saturated heterocycles. The summed E-state index contributed by atoms with van der Waals surface area (Å²) in [6, 6.07) is 8.95. The van der Waals surface area contributed by atoms with E-state index >= 15 is 0 Å². The SMILES string of the molecule is [Br-].[Zn+][c]1ccc(CN2CCOCC2)cc1. The van der Waals surface area contributed by atoms with E-state index in [-0.39, 0.29) is 17.0 Å². The van der Waals surface area contributed by atoms with Gasteiger partial charge in [0.1, 0.15) is 0 Å². The van der Waals surface area contributed by atoms with Gasteiger partial charge in [-0.1, -0.05) is 0 Å². The predicted octanol–water partition coefficient (Wildman–Crippen LogP) is -2.31. The number of halogens is 1. The number of rotatable bonds is 2. The first-order valence-electron chi connectivity index (χ1n) is 5.05. The van der Waals surface area contributed by atoms with Crippen molar-refractivity contribution in [2.24, 2.45) is 0 Å². The molecule has 0 saturated carbocycles. The van der Waals surface area contributed by atoms with Crippen molar-refractivity contribution >= 4 is 4.16 Å². The van der Waals surface area contributed by atoms with E-state index in [9.17, 15) is 0 Å². The number of nitrogens with zero attached hydrogens (tertiary/aromatic N) is 1. The molecule has 0 amide bonds. The van der Waals surface area contributed by atoms with E-state index < -0.39 is 0 Å². The van der Waals surface area contributed by atoms with E-state index in [1.165, 1.54) is 28.0 Å². The summed E-state index contributed by atoms with van der Waals surface area (Å²) in [5.41, 5.74) is 1.42. The van der Waals surface area contributed by atoms with Crippen LogP contribution in [0.25, 0.3) is 0 Å². The maximum absolute atomic E-state index is 5.32.